The molecule has 3 rings (SSSR count). The SMILES string of the molecule is CCS(=O)(=O)c1ccc(Cl)cc1N(C)C(=O)c1cc(C(F)(F)F)c(CN2CC[C@H](CN(C)C(=O)OC(C)(C)C)C2)c(Cl)c1N. The lowest BCUT2D eigenvalue weighted by Crippen LogP contribution is -2.37. The van der Waals surface area contributed by atoms with E-state index in [1.807, 2.05) is 0 Å². The van der Waals surface area contributed by atoms with Crippen molar-refractivity contribution in [1.82, 2.24) is 9.80 Å². The van der Waals surface area contributed by atoms with Crippen molar-refractivity contribution in [3.05, 3.63) is 51.0 Å². The standard InChI is InChI=1S/C29H37Cl2F3N4O5S/c1-7-44(41,42)23-9-8-18(30)12-22(23)37(6)26(39)19-13-21(29(32,33)34)20(24(31)25(19)35)16-38-11-10-17(15-38)14-36(5)27(40)43-28(2,3)4/h8-9,12-13,17H,7,10-11,14-16,35H2,1-6H3/t17-/m1/s1. The Balaban J connectivity index is 1.91. The molecule has 0 aromatic heterocycles. The second kappa shape index (κ2) is 13.3. The minimum absolute atomic E-state index is 0.0150. The molecule has 0 radical (unpaired) electrons. The number of carbonyl (C=O) groups excluding carboxylic acids is 2. The van der Waals surface area contributed by atoms with Crippen LogP contribution < -0.4 is 10.6 Å². The number of nitrogens with two attached hydrogens (primary N) is 1. The van der Waals surface area contributed by atoms with Gasteiger partial charge in [-0.2, -0.15) is 13.2 Å². The number of hydrogen-bond acceptors (Lipinski definition) is 7. The molecule has 244 valence electrons. The van der Waals surface area contributed by atoms with E-state index in [1.54, 1.807) is 32.7 Å². The molecular weight excluding hydrogens is 644 g/mol. The smallest absolute Gasteiger partial charge is 0.416 e. The number of halogens is 5. The summed E-state index contributed by atoms with van der Waals surface area (Å²) in [4.78, 5) is 29.8. The summed E-state index contributed by atoms with van der Waals surface area (Å²) in [7, 11) is -1.00. The van der Waals surface area contributed by atoms with Crippen LogP contribution in [0.25, 0.3) is 0 Å². The molecule has 1 fully saturated rings. The quantitative estimate of drug-likeness (QED) is 0.323. The van der Waals surface area contributed by atoms with Gasteiger partial charge in [0.1, 0.15) is 5.60 Å². The number of likely N-dealkylation sites (tertiary alicyclic amines) is 1. The molecule has 2 amide bonds. The van der Waals surface area contributed by atoms with Crippen LogP contribution in [-0.4, -0.2) is 75.3 Å². The maximum absolute atomic E-state index is 14.4. The molecule has 2 N–H and O–H groups in total. The number of nitrogen functional groups attached to an aromatic ring is 1. The van der Waals surface area contributed by atoms with Crippen molar-refractivity contribution in [2.45, 2.75) is 57.3 Å². The summed E-state index contributed by atoms with van der Waals surface area (Å²) in [6, 6.07) is 4.46. The molecule has 1 aliphatic heterocycles. The zero-order chi connectivity index (χ0) is 33.4. The van der Waals surface area contributed by atoms with E-state index in [9.17, 15) is 31.2 Å². The zero-order valence-electron chi connectivity index (χ0n) is 25.4. The molecule has 0 saturated carbocycles. The Morgan fingerprint density at radius 3 is 2.34 bits per heavy atom. The number of amides is 2. The third-order valence-corrected chi connectivity index (χ3v) is 9.67. The fraction of sp³-hybridized carbons (Fsp3) is 0.517. The van der Waals surface area contributed by atoms with Gasteiger partial charge in [0.2, 0.25) is 0 Å². The summed E-state index contributed by atoms with van der Waals surface area (Å²) in [5, 5.41) is -0.299. The summed E-state index contributed by atoms with van der Waals surface area (Å²) in [6.45, 7) is 7.70. The molecule has 1 atom stereocenters. The van der Waals surface area contributed by atoms with Gasteiger partial charge in [-0.05, 0) is 69.5 Å². The molecule has 0 bridgehead atoms. The number of nitrogens with zero attached hydrogens (tertiary/aromatic N) is 3. The molecule has 2 aromatic carbocycles. The Kier molecular flexibility index (Phi) is 10.8. The van der Waals surface area contributed by atoms with E-state index in [2.05, 4.69) is 0 Å². The average molecular weight is 682 g/mol. The Hall–Kier alpha value is -2.74. The molecule has 1 aliphatic rings. The molecule has 1 heterocycles. The van der Waals surface area contributed by atoms with E-state index in [0.29, 0.717) is 32.1 Å². The van der Waals surface area contributed by atoms with E-state index >= 15 is 0 Å². The van der Waals surface area contributed by atoms with Crippen LogP contribution in [-0.2, 0) is 27.3 Å². The van der Waals surface area contributed by atoms with E-state index in [0.717, 1.165) is 4.90 Å². The molecule has 44 heavy (non-hydrogen) atoms. The number of alkyl halides is 3. The predicted molar refractivity (Wildman–Crippen MR) is 165 cm³/mol. The first kappa shape index (κ1) is 35.7. The average Bonchev–Trinajstić information content (AvgIpc) is 3.35. The van der Waals surface area contributed by atoms with E-state index in [4.69, 9.17) is 33.7 Å². The van der Waals surface area contributed by atoms with Gasteiger partial charge in [-0.15, -0.1) is 0 Å². The third-order valence-electron chi connectivity index (χ3n) is 7.23. The Labute approximate surface area is 265 Å². The minimum Gasteiger partial charge on any atom is -0.444 e. The van der Waals surface area contributed by atoms with Crippen molar-refractivity contribution in [1.29, 1.82) is 0 Å². The lowest BCUT2D eigenvalue weighted by Gasteiger charge is -2.27. The van der Waals surface area contributed by atoms with Crippen LogP contribution in [0.4, 0.5) is 29.3 Å². The van der Waals surface area contributed by atoms with Gasteiger partial charge >= 0.3 is 12.3 Å². The van der Waals surface area contributed by atoms with E-state index in [-0.39, 0.29) is 45.1 Å². The van der Waals surface area contributed by atoms with Crippen molar-refractivity contribution in [2.75, 3.05) is 50.1 Å². The van der Waals surface area contributed by atoms with Crippen molar-refractivity contribution >= 4 is 56.4 Å². The molecule has 0 spiro atoms. The summed E-state index contributed by atoms with van der Waals surface area (Å²) >= 11 is 12.5. The number of carbonyl (C=O) groups is 2. The highest BCUT2D eigenvalue weighted by Crippen LogP contribution is 2.41. The van der Waals surface area contributed by atoms with Crippen molar-refractivity contribution in [2.24, 2.45) is 5.92 Å². The molecule has 1 saturated heterocycles. The van der Waals surface area contributed by atoms with Crippen molar-refractivity contribution < 1.29 is 35.9 Å². The number of benzene rings is 2. The van der Waals surface area contributed by atoms with Crippen molar-refractivity contribution in [3.8, 4) is 0 Å². The normalized spacial score (nSPS) is 16.2. The minimum atomic E-state index is -4.89. The van der Waals surface area contributed by atoms with Crippen LogP contribution >= 0.6 is 23.2 Å². The number of hydrogen-bond donors (Lipinski definition) is 1. The first-order chi connectivity index (χ1) is 20.2. The molecule has 0 unspecified atom stereocenters. The highest BCUT2D eigenvalue weighted by molar-refractivity contribution is 7.91. The number of rotatable bonds is 8. The number of sulfone groups is 1. The van der Waals surface area contributed by atoms with Gasteiger partial charge < -0.3 is 20.3 Å². The number of anilines is 2. The van der Waals surface area contributed by atoms with Crippen LogP contribution in [0.5, 0.6) is 0 Å². The first-order valence-corrected chi connectivity index (χ1v) is 16.2. The van der Waals surface area contributed by atoms with Crippen molar-refractivity contribution in [3.63, 3.8) is 0 Å². The van der Waals surface area contributed by atoms with Gasteiger partial charge in [-0.1, -0.05) is 30.1 Å². The van der Waals surface area contributed by atoms with Gasteiger partial charge in [-0.3, -0.25) is 9.69 Å². The van der Waals surface area contributed by atoms with Crippen LogP contribution in [0.1, 0.15) is 55.6 Å². The van der Waals surface area contributed by atoms with E-state index < -0.39 is 49.8 Å². The zero-order valence-corrected chi connectivity index (χ0v) is 27.7. The van der Waals surface area contributed by atoms with Crippen LogP contribution in [0.15, 0.2) is 29.2 Å². The van der Waals surface area contributed by atoms with Gasteiger partial charge in [0, 0.05) is 38.8 Å². The molecule has 15 heteroatoms. The Morgan fingerprint density at radius 1 is 1.14 bits per heavy atom. The van der Waals surface area contributed by atoms with Gasteiger partial charge in [-0.25, -0.2) is 13.2 Å². The molecular formula is C29H37Cl2F3N4O5S. The Bertz CT molecular complexity index is 1530. The maximum atomic E-state index is 14.4. The van der Waals surface area contributed by atoms with Gasteiger partial charge in [0.25, 0.3) is 5.91 Å². The van der Waals surface area contributed by atoms with Crippen LogP contribution in [0.3, 0.4) is 0 Å². The first-order valence-electron chi connectivity index (χ1n) is 13.8. The predicted octanol–water partition coefficient (Wildman–Crippen LogP) is 6.35. The highest BCUT2D eigenvalue weighted by atomic mass is 35.5. The molecule has 9 nitrogen and oxygen atoms in total. The lowest BCUT2D eigenvalue weighted by molar-refractivity contribution is -0.138. The largest absolute Gasteiger partial charge is 0.444 e. The fourth-order valence-corrected chi connectivity index (χ4v) is 6.52. The fourth-order valence-electron chi connectivity index (χ4n) is 4.98. The lowest BCUT2D eigenvalue weighted by atomic mass is 9.99. The van der Waals surface area contributed by atoms with Gasteiger partial charge in [0.05, 0.1) is 38.2 Å². The number of ether oxygens (including phenoxy) is 1. The second-order valence-corrected chi connectivity index (χ2v) is 14.9. The molecule has 0 aliphatic carbocycles. The van der Waals surface area contributed by atoms with Crippen LogP contribution in [0.2, 0.25) is 10.0 Å². The van der Waals surface area contributed by atoms with E-state index in [1.165, 1.54) is 37.1 Å². The summed E-state index contributed by atoms with van der Waals surface area (Å²) in [5.41, 5.74) is 3.08. The summed E-state index contributed by atoms with van der Waals surface area (Å²) in [5.74, 6) is -1.29. The third kappa shape index (κ3) is 8.29. The monoisotopic (exact) mass is 680 g/mol. The molecule has 2 aromatic rings. The Morgan fingerprint density at radius 2 is 1.77 bits per heavy atom. The maximum Gasteiger partial charge on any atom is 0.416 e. The topological polar surface area (TPSA) is 113 Å². The second-order valence-electron chi connectivity index (χ2n) is 11.8. The van der Waals surface area contributed by atoms with Crippen LogP contribution in [0, 0.1) is 5.92 Å². The summed E-state index contributed by atoms with van der Waals surface area (Å²) < 4.78 is 73.9. The highest BCUT2D eigenvalue weighted by Gasteiger charge is 2.38. The summed E-state index contributed by atoms with van der Waals surface area (Å²) in [6.07, 6.45) is -4.75. The van der Waals surface area contributed by atoms with Gasteiger partial charge in [0.15, 0.2) is 9.84 Å².